The Balaban J connectivity index is 1.03. The number of allylic oxidation sites excluding steroid dienone is 3. The molecule has 0 heterocycles. The zero-order valence-electron chi connectivity index (χ0n) is 35.6. The van der Waals surface area contributed by atoms with Gasteiger partial charge in [0.2, 0.25) is 0 Å². The molecule has 9 heteroatoms. The standard InChI is InChI=1S/C55H46O6P2S/c1-4-5-6-17-41-28-33-48(34-29-41)56-62(57-49-35-30-42-18-7-10-21-45(42)38-49)60-52-24-13-15-26-54(52)64(2,3)55-27-16-14-25-53(55)61-63(58-50-36-31-43-19-8-11-22-46(43)39-50)59-51-37-32-44-20-9-12-23-47(44)40-51/h4-40H,1-3H3/b5-4-,17-6-. The Morgan fingerprint density at radius 2 is 0.719 bits per heavy atom. The third kappa shape index (κ3) is 10.2. The van der Waals surface area contributed by atoms with Crippen LogP contribution in [-0.4, -0.2) is 12.5 Å². The van der Waals surface area contributed by atoms with Crippen molar-refractivity contribution >= 4 is 65.6 Å². The fraction of sp³-hybridized carbons (Fsp3) is 0.0545. The highest BCUT2D eigenvalue weighted by atomic mass is 32.3. The van der Waals surface area contributed by atoms with Crippen molar-refractivity contribution in [2.24, 2.45) is 0 Å². The van der Waals surface area contributed by atoms with E-state index in [4.69, 9.17) is 27.1 Å². The number of hydrogen-bond acceptors (Lipinski definition) is 6. The lowest BCUT2D eigenvalue weighted by Crippen LogP contribution is -2.07. The van der Waals surface area contributed by atoms with E-state index < -0.39 is 27.2 Å². The summed E-state index contributed by atoms with van der Waals surface area (Å²) in [7, 11) is -5.83. The molecule has 64 heavy (non-hydrogen) atoms. The molecular formula is C55H46O6P2S. The average molecular weight is 897 g/mol. The topological polar surface area (TPSA) is 55.4 Å². The van der Waals surface area contributed by atoms with Crippen molar-refractivity contribution in [3.05, 3.63) is 224 Å². The molecule has 9 aromatic rings. The lowest BCUT2D eigenvalue weighted by molar-refractivity contribution is 0.384. The van der Waals surface area contributed by atoms with Crippen LogP contribution in [0.3, 0.4) is 0 Å². The third-order valence-corrected chi connectivity index (χ3v) is 15.5. The van der Waals surface area contributed by atoms with E-state index in [1.54, 1.807) is 0 Å². The summed E-state index contributed by atoms with van der Waals surface area (Å²) in [4.78, 5) is 1.98. The van der Waals surface area contributed by atoms with Crippen LogP contribution in [-0.2, 0) is 0 Å². The van der Waals surface area contributed by atoms with Crippen LogP contribution in [0.2, 0.25) is 0 Å². The Bertz CT molecular complexity index is 3020. The number of rotatable bonds is 16. The number of fused-ring (bicyclic) bond motifs is 3. The zero-order chi connectivity index (χ0) is 43.7. The molecule has 1 unspecified atom stereocenters. The summed E-state index contributed by atoms with van der Waals surface area (Å²) in [5, 5.41) is 6.54. The molecular weight excluding hydrogens is 851 g/mol. The molecule has 9 rings (SSSR count). The van der Waals surface area contributed by atoms with Gasteiger partial charge in [0.1, 0.15) is 34.5 Å². The maximum Gasteiger partial charge on any atom is 0.530 e. The van der Waals surface area contributed by atoms with Crippen LogP contribution < -0.4 is 27.1 Å². The summed E-state index contributed by atoms with van der Waals surface area (Å²) < 4.78 is 40.2. The highest BCUT2D eigenvalue weighted by Crippen LogP contribution is 2.64. The fourth-order valence-electron chi connectivity index (χ4n) is 7.22. The minimum atomic E-state index is -1.99. The third-order valence-electron chi connectivity index (χ3n) is 10.5. The van der Waals surface area contributed by atoms with Crippen molar-refractivity contribution in [1.29, 1.82) is 0 Å². The molecule has 1 atom stereocenters. The zero-order valence-corrected chi connectivity index (χ0v) is 38.2. The van der Waals surface area contributed by atoms with Gasteiger partial charge in [0.15, 0.2) is 0 Å². The van der Waals surface area contributed by atoms with Crippen molar-refractivity contribution < 1.29 is 27.1 Å². The first-order valence-electron chi connectivity index (χ1n) is 20.8. The van der Waals surface area contributed by atoms with Crippen LogP contribution >= 0.6 is 27.2 Å². The number of para-hydroxylation sites is 2. The predicted molar refractivity (Wildman–Crippen MR) is 269 cm³/mol. The molecule has 318 valence electrons. The Morgan fingerprint density at radius 1 is 0.359 bits per heavy atom. The number of benzene rings is 9. The smallest absolute Gasteiger partial charge is 0.409 e. The van der Waals surface area contributed by atoms with E-state index >= 15 is 0 Å². The van der Waals surface area contributed by atoms with Gasteiger partial charge >= 0.3 is 17.2 Å². The molecule has 0 N–H and O–H groups in total. The fourth-order valence-corrected chi connectivity index (χ4v) is 11.7. The van der Waals surface area contributed by atoms with Crippen LogP contribution in [0.25, 0.3) is 38.4 Å². The predicted octanol–water partition coefficient (Wildman–Crippen LogP) is 16.7. The van der Waals surface area contributed by atoms with Crippen LogP contribution in [0, 0.1) is 0 Å². The van der Waals surface area contributed by atoms with Gasteiger partial charge in [-0.15, -0.1) is 0 Å². The molecule has 0 spiro atoms. The molecule has 0 aliphatic rings. The van der Waals surface area contributed by atoms with Gasteiger partial charge in [-0.25, -0.2) is 0 Å². The molecule has 0 fully saturated rings. The van der Waals surface area contributed by atoms with Gasteiger partial charge in [-0.1, -0.05) is 152 Å². The number of hydrogen-bond donors (Lipinski definition) is 0. The van der Waals surface area contributed by atoms with Gasteiger partial charge < -0.3 is 27.1 Å². The quantitative estimate of drug-likeness (QED) is 0.0711. The minimum absolute atomic E-state index is 0.629. The molecule has 0 saturated carbocycles. The maximum atomic E-state index is 6.89. The van der Waals surface area contributed by atoms with Crippen molar-refractivity contribution in [3.8, 4) is 34.5 Å². The molecule has 0 aliphatic carbocycles. The van der Waals surface area contributed by atoms with E-state index in [9.17, 15) is 0 Å². The van der Waals surface area contributed by atoms with Crippen LogP contribution in [0.5, 0.6) is 34.5 Å². The van der Waals surface area contributed by atoms with Gasteiger partial charge in [-0.05, 0) is 130 Å². The Labute approximate surface area is 378 Å². The summed E-state index contributed by atoms with van der Waals surface area (Å²) in [6.45, 7) is 2.00. The summed E-state index contributed by atoms with van der Waals surface area (Å²) in [6, 6.07) is 66.7. The molecule has 0 aliphatic heterocycles. The van der Waals surface area contributed by atoms with Gasteiger partial charge in [0.25, 0.3) is 0 Å². The van der Waals surface area contributed by atoms with Crippen molar-refractivity contribution in [2.75, 3.05) is 12.5 Å². The van der Waals surface area contributed by atoms with E-state index in [-0.39, 0.29) is 0 Å². The van der Waals surface area contributed by atoms with Gasteiger partial charge in [0.05, 0.1) is 0 Å². The summed E-state index contributed by atoms with van der Waals surface area (Å²) in [5.74, 6) is 3.87. The molecule has 0 amide bonds. The Kier molecular flexibility index (Phi) is 13.1. The van der Waals surface area contributed by atoms with Crippen LogP contribution in [0.4, 0.5) is 0 Å². The van der Waals surface area contributed by atoms with E-state index in [1.165, 1.54) is 0 Å². The van der Waals surface area contributed by atoms with Crippen molar-refractivity contribution in [2.45, 2.75) is 16.7 Å². The molecule has 0 saturated heterocycles. The van der Waals surface area contributed by atoms with Crippen molar-refractivity contribution in [3.63, 3.8) is 0 Å². The summed E-state index contributed by atoms with van der Waals surface area (Å²) in [5.41, 5.74) is 1.05. The van der Waals surface area contributed by atoms with E-state index in [0.29, 0.717) is 34.5 Å². The highest BCUT2D eigenvalue weighted by molar-refractivity contribution is 8.32. The van der Waals surface area contributed by atoms with Crippen LogP contribution in [0.15, 0.2) is 228 Å². The Hall–Kier alpha value is -6.75. The summed E-state index contributed by atoms with van der Waals surface area (Å²) >= 11 is 0. The maximum absolute atomic E-state index is 6.89. The van der Waals surface area contributed by atoms with Gasteiger partial charge in [-0.2, -0.15) is 10.0 Å². The second-order valence-corrected chi connectivity index (χ2v) is 20.7. The second-order valence-electron chi connectivity index (χ2n) is 15.2. The average Bonchev–Trinajstić information content (AvgIpc) is 3.32. The SMILES string of the molecule is C/C=C\C=C/c1ccc(OP(Oc2ccc3ccccc3c2)Oc2ccccc2S(C)(C)c2ccccc2OP(Oc2ccc3ccccc3c2)Oc2ccc3ccccc3c2)cc1. The van der Waals surface area contributed by atoms with E-state index in [0.717, 1.165) is 47.7 Å². The largest absolute Gasteiger partial charge is 0.530 e. The highest BCUT2D eigenvalue weighted by Gasteiger charge is 2.31. The van der Waals surface area contributed by atoms with E-state index in [1.807, 2.05) is 183 Å². The molecule has 0 radical (unpaired) electrons. The van der Waals surface area contributed by atoms with Gasteiger partial charge in [-0.3, -0.25) is 0 Å². The molecule has 6 nitrogen and oxygen atoms in total. The lowest BCUT2D eigenvalue weighted by Gasteiger charge is -2.35. The Morgan fingerprint density at radius 3 is 1.14 bits per heavy atom. The monoisotopic (exact) mass is 896 g/mol. The molecule has 0 bridgehead atoms. The van der Waals surface area contributed by atoms with E-state index in [2.05, 4.69) is 61.0 Å². The summed E-state index contributed by atoms with van der Waals surface area (Å²) in [6.07, 6.45) is 12.5. The molecule has 9 aromatic carbocycles. The van der Waals surface area contributed by atoms with Crippen molar-refractivity contribution in [1.82, 2.24) is 0 Å². The normalized spacial score (nSPS) is 12.5. The second kappa shape index (κ2) is 19.7. The minimum Gasteiger partial charge on any atom is -0.409 e. The lowest BCUT2D eigenvalue weighted by atomic mass is 10.1. The molecule has 0 aromatic heterocycles. The first kappa shape index (κ1) is 42.5. The van der Waals surface area contributed by atoms with Gasteiger partial charge in [0, 0.05) is 9.79 Å². The first-order chi connectivity index (χ1) is 31.4. The van der Waals surface area contributed by atoms with Crippen LogP contribution in [0.1, 0.15) is 12.5 Å². The first-order valence-corrected chi connectivity index (χ1v) is 25.5.